The van der Waals surface area contributed by atoms with E-state index in [1.165, 1.54) is 5.56 Å². The number of aromatic nitrogens is 2. The number of aliphatic imine (C=N–C) groups is 1. The second kappa shape index (κ2) is 11.6. The van der Waals surface area contributed by atoms with Gasteiger partial charge in [-0.3, -0.25) is 9.67 Å². The molecule has 1 aromatic heterocycles. The number of benzene rings is 1. The van der Waals surface area contributed by atoms with E-state index in [1.54, 1.807) is 0 Å². The third kappa shape index (κ3) is 6.03. The van der Waals surface area contributed by atoms with Crippen LogP contribution in [0.25, 0.3) is 0 Å². The number of fused-ring (bicyclic) bond motifs is 1. The summed E-state index contributed by atoms with van der Waals surface area (Å²) in [6.07, 6.45) is 6.65. The summed E-state index contributed by atoms with van der Waals surface area (Å²) in [5.74, 6) is 2.49. The van der Waals surface area contributed by atoms with E-state index >= 15 is 0 Å². The van der Waals surface area contributed by atoms with Crippen LogP contribution < -0.4 is 20.1 Å². The van der Waals surface area contributed by atoms with Crippen LogP contribution >= 0.6 is 24.0 Å². The first-order valence-electron chi connectivity index (χ1n) is 10.8. The summed E-state index contributed by atoms with van der Waals surface area (Å²) in [6.45, 7) is 7.12. The van der Waals surface area contributed by atoms with E-state index in [9.17, 15) is 0 Å². The number of nitrogens with zero attached hydrogens (tertiary/aromatic N) is 3. The summed E-state index contributed by atoms with van der Waals surface area (Å²) in [5.41, 5.74) is 1.18. The van der Waals surface area contributed by atoms with Crippen molar-refractivity contribution in [1.82, 2.24) is 20.4 Å². The molecule has 0 atom stereocenters. The van der Waals surface area contributed by atoms with E-state index < -0.39 is 0 Å². The van der Waals surface area contributed by atoms with Crippen LogP contribution in [0.4, 0.5) is 0 Å². The van der Waals surface area contributed by atoms with Crippen molar-refractivity contribution in [3.05, 3.63) is 42.2 Å². The van der Waals surface area contributed by atoms with Gasteiger partial charge in [-0.1, -0.05) is 6.07 Å². The molecule has 1 fully saturated rings. The van der Waals surface area contributed by atoms with E-state index in [4.69, 9.17) is 19.2 Å². The third-order valence-electron chi connectivity index (χ3n) is 5.73. The van der Waals surface area contributed by atoms with E-state index in [-0.39, 0.29) is 29.4 Å². The fourth-order valence-corrected chi connectivity index (χ4v) is 3.98. The van der Waals surface area contributed by atoms with Crippen LogP contribution in [-0.4, -0.2) is 55.4 Å². The smallest absolute Gasteiger partial charge is 0.231 e. The molecule has 1 saturated heterocycles. The molecule has 3 heterocycles. The quantitative estimate of drug-likeness (QED) is 0.232. The Hall–Kier alpha value is -2.01. The second-order valence-corrected chi connectivity index (χ2v) is 7.71. The maximum atomic E-state index is 5.66. The predicted molar refractivity (Wildman–Crippen MR) is 131 cm³/mol. The van der Waals surface area contributed by atoms with Gasteiger partial charge in [0.1, 0.15) is 0 Å². The van der Waals surface area contributed by atoms with Gasteiger partial charge in [0.2, 0.25) is 6.79 Å². The summed E-state index contributed by atoms with van der Waals surface area (Å²) in [6, 6.07) is 8.23. The lowest BCUT2D eigenvalue weighted by Crippen LogP contribution is -2.41. The molecule has 0 saturated carbocycles. The van der Waals surface area contributed by atoms with Crippen molar-refractivity contribution >= 4 is 29.9 Å². The van der Waals surface area contributed by atoms with Crippen molar-refractivity contribution in [2.75, 3.05) is 39.6 Å². The molecule has 2 aromatic rings. The summed E-state index contributed by atoms with van der Waals surface area (Å²) in [7, 11) is 0. The SMILES string of the molecule is CCNC(=NCC1(c2ccc3c(c2)OCO3)CCOCC1)NCCCn1cccn1.I. The Kier molecular flexibility index (Phi) is 8.82. The van der Waals surface area contributed by atoms with Gasteiger partial charge < -0.3 is 24.8 Å². The summed E-state index contributed by atoms with van der Waals surface area (Å²) in [4.78, 5) is 4.96. The van der Waals surface area contributed by atoms with Gasteiger partial charge in [0, 0.05) is 50.7 Å². The molecule has 2 aliphatic heterocycles. The summed E-state index contributed by atoms with van der Waals surface area (Å²) in [5, 5.41) is 11.1. The minimum Gasteiger partial charge on any atom is -0.454 e. The highest BCUT2D eigenvalue weighted by Crippen LogP contribution is 2.41. The van der Waals surface area contributed by atoms with Crippen LogP contribution in [0.3, 0.4) is 0 Å². The van der Waals surface area contributed by atoms with Crippen molar-refractivity contribution in [1.29, 1.82) is 0 Å². The Bertz CT molecular complexity index is 838. The van der Waals surface area contributed by atoms with Gasteiger partial charge in [0.25, 0.3) is 0 Å². The van der Waals surface area contributed by atoms with E-state index in [0.29, 0.717) is 13.3 Å². The highest BCUT2D eigenvalue weighted by molar-refractivity contribution is 14.0. The minimum absolute atomic E-state index is 0. The zero-order valence-electron chi connectivity index (χ0n) is 18.0. The molecule has 0 radical (unpaired) electrons. The number of guanidine groups is 1. The molecule has 0 amide bonds. The first kappa shape index (κ1) is 23.6. The number of aryl methyl sites for hydroxylation is 1. The monoisotopic (exact) mass is 541 g/mol. The van der Waals surface area contributed by atoms with Crippen molar-refractivity contribution in [2.24, 2.45) is 4.99 Å². The molecule has 31 heavy (non-hydrogen) atoms. The molecule has 0 spiro atoms. The van der Waals surface area contributed by atoms with Crippen LogP contribution in [0.5, 0.6) is 11.5 Å². The van der Waals surface area contributed by atoms with E-state index in [0.717, 1.165) is 69.6 Å². The van der Waals surface area contributed by atoms with Gasteiger partial charge >= 0.3 is 0 Å². The molecule has 0 bridgehead atoms. The topological polar surface area (TPSA) is 81.9 Å². The Morgan fingerprint density at radius 3 is 2.81 bits per heavy atom. The van der Waals surface area contributed by atoms with Crippen molar-refractivity contribution < 1.29 is 14.2 Å². The maximum Gasteiger partial charge on any atom is 0.231 e. The average Bonchev–Trinajstić information content (AvgIpc) is 3.47. The molecule has 4 rings (SSSR count). The molecule has 8 nitrogen and oxygen atoms in total. The number of ether oxygens (including phenoxy) is 3. The van der Waals surface area contributed by atoms with Gasteiger partial charge in [-0.2, -0.15) is 5.10 Å². The number of nitrogens with one attached hydrogen (secondary N) is 2. The zero-order chi connectivity index (χ0) is 20.7. The molecule has 1 aromatic carbocycles. The van der Waals surface area contributed by atoms with Gasteiger partial charge in [0.15, 0.2) is 17.5 Å². The third-order valence-corrected chi connectivity index (χ3v) is 5.73. The van der Waals surface area contributed by atoms with Gasteiger partial charge in [-0.05, 0) is 49.9 Å². The standard InChI is InChI=1S/C22H31N5O3.HI/c1-2-23-21(24-9-3-11-27-12-4-10-26-27)25-16-22(7-13-28-14-8-22)18-5-6-19-20(15-18)30-17-29-19;/h4-6,10,12,15H,2-3,7-9,11,13-14,16-17H2,1H3,(H2,23,24,25);1H. The molecule has 2 N–H and O–H groups in total. The van der Waals surface area contributed by atoms with Crippen LogP contribution in [-0.2, 0) is 16.7 Å². The van der Waals surface area contributed by atoms with Gasteiger partial charge in [0.05, 0.1) is 6.54 Å². The Balaban J connectivity index is 0.00000272. The largest absolute Gasteiger partial charge is 0.454 e. The van der Waals surface area contributed by atoms with Crippen molar-refractivity contribution in [3.63, 3.8) is 0 Å². The molecular formula is C22H32IN5O3. The van der Waals surface area contributed by atoms with Crippen LogP contribution in [0.15, 0.2) is 41.7 Å². The molecule has 0 aliphatic carbocycles. The fraction of sp³-hybridized carbons (Fsp3) is 0.545. The number of halogens is 1. The average molecular weight is 541 g/mol. The minimum atomic E-state index is -0.0589. The second-order valence-electron chi connectivity index (χ2n) is 7.71. The van der Waals surface area contributed by atoms with Crippen molar-refractivity contribution in [2.45, 2.75) is 38.1 Å². The zero-order valence-corrected chi connectivity index (χ0v) is 20.3. The lowest BCUT2D eigenvalue weighted by atomic mass is 9.74. The Morgan fingerprint density at radius 1 is 1.19 bits per heavy atom. The van der Waals surface area contributed by atoms with E-state index in [2.05, 4.69) is 34.8 Å². The van der Waals surface area contributed by atoms with Gasteiger partial charge in [-0.15, -0.1) is 24.0 Å². The first-order valence-corrected chi connectivity index (χ1v) is 10.8. The van der Waals surface area contributed by atoms with Crippen LogP contribution in [0.2, 0.25) is 0 Å². The number of rotatable bonds is 8. The fourth-order valence-electron chi connectivity index (χ4n) is 3.98. The lowest BCUT2D eigenvalue weighted by molar-refractivity contribution is 0.0530. The number of hydrogen-bond donors (Lipinski definition) is 2. The normalized spacial score (nSPS) is 17.1. The number of hydrogen-bond acceptors (Lipinski definition) is 5. The molecule has 170 valence electrons. The summed E-state index contributed by atoms with van der Waals surface area (Å²) >= 11 is 0. The Labute approximate surface area is 200 Å². The molecular weight excluding hydrogens is 509 g/mol. The highest BCUT2D eigenvalue weighted by Gasteiger charge is 2.35. The van der Waals surface area contributed by atoms with Crippen LogP contribution in [0.1, 0.15) is 31.7 Å². The first-order chi connectivity index (χ1) is 14.8. The Morgan fingerprint density at radius 2 is 2.03 bits per heavy atom. The molecule has 2 aliphatic rings. The van der Waals surface area contributed by atoms with Crippen molar-refractivity contribution in [3.8, 4) is 11.5 Å². The highest BCUT2D eigenvalue weighted by atomic mass is 127. The van der Waals surface area contributed by atoms with E-state index in [1.807, 2.05) is 29.2 Å². The maximum absolute atomic E-state index is 5.66. The lowest BCUT2D eigenvalue weighted by Gasteiger charge is -2.36. The predicted octanol–water partition coefficient (Wildman–Crippen LogP) is 2.92. The van der Waals surface area contributed by atoms with Gasteiger partial charge in [-0.25, -0.2) is 0 Å². The molecule has 9 heteroatoms. The van der Waals surface area contributed by atoms with Crippen LogP contribution in [0, 0.1) is 0 Å². The molecule has 0 unspecified atom stereocenters. The summed E-state index contributed by atoms with van der Waals surface area (Å²) < 4.78 is 18.7.